The summed E-state index contributed by atoms with van der Waals surface area (Å²) in [5.41, 5.74) is 1.86. The number of nitrogens with zero attached hydrogens (tertiary/aromatic N) is 3. The van der Waals surface area contributed by atoms with Gasteiger partial charge in [0.2, 0.25) is 5.82 Å². The van der Waals surface area contributed by atoms with E-state index in [2.05, 4.69) is 20.5 Å². The summed E-state index contributed by atoms with van der Waals surface area (Å²) in [7, 11) is 0. The molecule has 0 radical (unpaired) electrons. The van der Waals surface area contributed by atoms with Crippen LogP contribution in [0.3, 0.4) is 0 Å². The van der Waals surface area contributed by atoms with Crippen molar-refractivity contribution in [2.75, 3.05) is 23.3 Å². The maximum Gasteiger partial charge on any atom is 0.295 e. The van der Waals surface area contributed by atoms with Gasteiger partial charge in [-0.15, -0.1) is 0 Å². The molecule has 1 aromatic heterocycles. The van der Waals surface area contributed by atoms with E-state index in [9.17, 15) is 4.79 Å². The third kappa shape index (κ3) is 1.81. The molecule has 0 fully saturated rings. The summed E-state index contributed by atoms with van der Waals surface area (Å²) in [4.78, 5) is 18.0. The topological polar surface area (TPSA) is 73.9 Å². The largest absolute Gasteiger partial charge is 0.383 e. The number of carbonyl (C=O) groups excluding carboxylic acids is 1. The van der Waals surface area contributed by atoms with Crippen molar-refractivity contribution in [2.24, 2.45) is 0 Å². The summed E-state index contributed by atoms with van der Waals surface area (Å²) in [5.74, 6) is 0.121. The standard InChI is InChI=1S/C12H13N5O/c18-12(11-14-8-15-16-11)17-7-3-6-13-9-4-1-2-5-10(9)17/h1-2,4-5,8,13H,3,6-7H2,(H,14,15,16). The van der Waals surface area contributed by atoms with Gasteiger partial charge in [0, 0.05) is 13.1 Å². The highest BCUT2D eigenvalue weighted by Gasteiger charge is 2.23. The van der Waals surface area contributed by atoms with E-state index in [0.717, 1.165) is 24.3 Å². The minimum Gasteiger partial charge on any atom is -0.383 e. The van der Waals surface area contributed by atoms with E-state index >= 15 is 0 Å². The highest BCUT2D eigenvalue weighted by atomic mass is 16.2. The molecule has 6 nitrogen and oxygen atoms in total. The predicted molar refractivity (Wildman–Crippen MR) is 67.6 cm³/mol. The highest BCUT2D eigenvalue weighted by Crippen LogP contribution is 2.28. The summed E-state index contributed by atoms with van der Waals surface area (Å²) in [6.07, 6.45) is 2.24. The van der Waals surface area contributed by atoms with Crippen molar-refractivity contribution < 1.29 is 4.79 Å². The van der Waals surface area contributed by atoms with E-state index in [1.807, 2.05) is 24.3 Å². The summed E-state index contributed by atoms with van der Waals surface area (Å²) in [5, 5.41) is 9.65. The van der Waals surface area contributed by atoms with Gasteiger partial charge in [0.1, 0.15) is 6.33 Å². The van der Waals surface area contributed by atoms with Gasteiger partial charge in [0.25, 0.3) is 5.91 Å². The van der Waals surface area contributed by atoms with Crippen LogP contribution in [0.5, 0.6) is 0 Å². The first-order chi connectivity index (χ1) is 8.86. The molecule has 1 aromatic carbocycles. The minimum atomic E-state index is -0.149. The second-order valence-electron chi connectivity index (χ2n) is 4.09. The van der Waals surface area contributed by atoms with Gasteiger partial charge in [0.05, 0.1) is 11.4 Å². The molecule has 1 aliphatic heterocycles. The molecule has 0 spiro atoms. The van der Waals surface area contributed by atoms with Crippen LogP contribution in [0.2, 0.25) is 0 Å². The number of nitrogens with one attached hydrogen (secondary N) is 2. The third-order valence-corrected chi connectivity index (χ3v) is 2.93. The number of aromatic amines is 1. The second kappa shape index (κ2) is 4.48. The lowest BCUT2D eigenvalue weighted by Crippen LogP contribution is -2.32. The highest BCUT2D eigenvalue weighted by molar-refractivity contribution is 6.05. The third-order valence-electron chi connectivity index (χ3n) is 2.93. The molecule has 0 bridgehead atoms. The van der Waals surface area contributed by atoms with E-state index in [1.165, 1.54) is 6.33 Å². The molecular weight excluding hydrogens is 230 g/mol. The molecule has 6 heteroatoms. The molecule has 92 valence electrons. The van der Waals surface area contributed by atoms with Crippen LogP contribution in [-0.4, -0.2) is 34.2 Å². The van der Waals surface area contributed by atoms with Crippen LogP contribution in [0.25, 0.3) is 0 Å². The first kappa shape index (κ1) is 10.8. The molecule has 1 aliphatic rings. The number of H-pyrrole nitrogens is 1. The number of amides is 1. The number of hydrogen-bond donors (Lipinski definition) is 2. The van der Waals surface area contributed by atoms with Gasteiger partial charge in [-0.3, -0.25) is 9.89 Å². The zero-order valence-electron chi connectivity index (χ0n) is 9.76. The number of para-hydroxylation sites is 2. The van der Waals surface area contributed by atoms with Gasteiger partial charge in [0.15, 0.2) is 0 Å². The van der Waals surface area contributed by atoms with Gasteiger partial charge in [-0.05, 0) is 18.6 Å². The summed E-state index contributed by atoms with van der Waals surface area (Å²) in [6, 6.07) is 7.78. The van der Waals surface area contributed by atoms with Crippen molar-refractivity contribution >= 4 is 17.3 Å². The summed E-state index contributed by atoms with van der Waals surface area (Å²) < 4.78 is 0. The smallest absolute Gasteiger partial charge is 0.295 e. The van der Waals surface area contributed by atoms with Gasteiger partial charge in [-0.25, -0.2) is 4.98 Å². The number of fused-ring (bicyclic) bond motifs is 1. The Labute approximate surface area is 104 Å². The van der Waals surface area contributed by atoms with Crippen molar-refractivity contribution in [2.45, 2.75) is 6.42 Å². The van der Waals surface area contributed by atoms with Crippen LogP contribution in [0.15, 0.2) is 30.6 Å². The Balaban J connectivity index is 1.99. The number of anilines is 2. The molecule has 1 amide bonds. The lowest BCUT2D eigenvalue weighted by molar-refractivity contribution is 0.0978. The lowest BCUT2D eigenvalue weighted by Gasteiger charge is -2.20. The van der Waals surface area contributed by atoms with Crippen LogP contribution in [0.4, 0.5) is 11.4 Å². The van der Waals surface area contributed by atoms with Crippen LogP contribution in [0, 0.1) is 0 Å². The Hall–Kier alpha value is -2.37. The normalized spacial score (nSPS) is 14.6. The molecule has 2 aromatic rings. The number of aromatic nitrogens is 3. The quantitative estimate of drug-likeness (QED) is 0.791. The average molecular weight is 243 g/mol. The fourth-order valence-electron chi connectivity index (χ4n) is 2.09. The zero-order chi connectivity index (χ0) is 12.4. The van der Waals surface area contributed by atoms with E-state index in [0.29, 0.717) is 6.54 Å². The van der Waals surface area contributed by atoms with Crippen molar-refractivity contribution in [3.8, 4) is 0 Å². The lowest BCUT2D eigenvalue weighted by atomic mass is 10.2. The fraction of sp³-hybridized carbons (Fsp3) is 0.250. The van der Waals surface area contributed by atoms with Crippen LogP contribution >= 0.6 is 0 Å². The van der Waals surface area contributed by atoms with Crippen LogP contribution in [-0.2, 0) is 0 Å². The van der Waals surface area contributed by atoms with Gasteiger partial charge < -0.3 is 10.2 Å². The molecule has 0 saturated heterocycles. The molecule has 0 aliphatic carbocycles. The van der Waals surface area contributed by atoms with Gasteiger partial charge in [-0.1, -0.05) is 12.1 Å². The predicted octanol–water partition coefficient (Wildman–Crippen LogP) is 1.27. The second-order valence-corrected chi connectivity index (χ2v) is 4.09. The Kier molecular flexibility index (Phi) is 2.68. The van der Waals surface area contributed by atoms with Crippen molar-refractivity contribution in [1.29, 1.82) is 0 Å². The monoisotopic (exact) mass is 243 g/mol. The van der Waals surface area contributed by atoms with E-state index in [-0.39, 0.29) is 11.7 Å². The van der Waals surface area contributed by atoms with Gasteiger partial charge in [-0.2, -0.15) is 5.10 Å². The molecule has 2 N–H and O–H groups in total. The van der Waals surface area contributed by atoms with E-state index in [4.69, 9.17) is 0 Å². The number of benzene rings is 1. The molecule has 0 unspecified atom stereocenters. The first-order valence-corrected chi connectivity index (χ1v) is 5.86. The summed E-state index contributed by atoms with van der Waals surface area (Å²) in [6.45, 7) is 1.53. The maximum atomic E-state index is 12.3. The van der Waals surface area contributed by atoms with Crippen molar-refractivity contribution in [1.82, 2.24) is 15.2 Å². The van der Waals surface area contributed by atoms with E-state index in [1.54, 1.807) is 4.90 Å². The fourth-order valence-corrected chi connectivity index (χ4v) is 2.09. The Bertz CT molecular complexity index is 551. The Morgan fingerprint density at radius 3 is 3.06 bits per heavy atom. The number of carbonyl (C=O) groups is 1. The molecular formula is C12H13N5O. The SMILES string of the molecule is O=C(c1ncn[nH]1)N1CCCNc2ccccc21. The molecule has 18 heavy (non-hydrogen) atoms. The Morgan fingerprint density at radius 1 is 1.33 bits per heavy atom. The van der Waals surface area contributed by atoms with Crippen molar-refractivity contribution in [3.63, 3.8) is 0 Å². The van der Waals surface area contributed by atoms with Crippen molar-refractivity contribution in [3.05, 3.63) is 36.4 Å². The number of rotatable bonds is 1. The molecule has 0 atom stereocenters. The molecule has 2 heterocycles. The van der Waals surface area contributed by atoms with Crippen LogP contribution in [0.1, 0.15) is 17.0 Å². The zero-order valence-corrected chi connectivity index (χ0v) is 9.76. The maximum absolute atomic E-state index is 12.3. The summed E-state index contributed by atoms with van der Waals surface area (Å²) >= 11 is 0. The first-order valence-electron chi connectivity index (χ1n) is 5.86. The minimum absolute atomic E-state index is 0.149. The molecule has 0 saturated carbocycles. The number of hydrogen-bond acceptors (Lipinski definition) is 4. The van der Waals surface area contributed by atoms with Gasteiger partial charge >= 0.3 is 0 Å². The van der Waals surface area contributed by atoms with Crippen LogP contribution < -0.4 is 10.2 Å². The molecule has 3 rings (SSSR count). The Morgan fingerprint density at radius 2 is 2.22 bits per heavy atom. The van der Waals surface area contributed by atoms with E-state index < -0.39 is 0 Å². The average Bonchev–Trinajstić information content (AvgIpc) is 2.85.